The molecule has 0 bridgehead atoms. The van der Waals surface area contributed by atoms with Gasteiger partial charge in [-0.2, -0.15) is 0 Å². The summed E-state index contributed by atoms with van der Waals surface area (Å²) in [6.45, 7) is 5.81. The number of hydrogen-bond acceptors (Lipinski definition) is 3. The molecule has 110 valence electrons. The highest BCUT2D eigenvalue weighted by molar-refractivity contribution is 6.31. The fourth-order valence-electron chi connectivity index (χ4n) is 2.49. The van der Waals surface area contributed by atoms with Crippen LogP contribution in [0, 0.1) is 0 Å². The van der Waals surface area contributed by atoms with E-state index in [0.29, 0.717) is 0 Å². The zero-order chi connectivity index (χ0) is 14.4. The van der Waals surface area contributed by atoms with Crippen molar-refractivity contribution in [3.05, 3.63) is 34.9 Å². The predicted octanol–water partition coefficient (Wildman–Crippen LogP) is 2.32. The zero-order valence-corrected chi connectivity index (χ0v) is 12.4. The van der Waals surface area contributed by atoms with Crippen LogP contribution in [0.25, 0.3) is 0 Å². The maximum Gasteiger partial charge on any atom is 0.303 e. The van der Waals surface area contributed by atoms with Gasteiger partial charge in [0.2, 0.25) is 0 Å². The number of carboxylic acids is 1. The Morgan fingerprint density at radius 3 is 2.45 bits per heavy atom. The molecule has 1 aliphatic heterocycles. The average molecular weight is 297 g/mol. The van der Waals surface area contributed by atoms with E-state index in [1.165, 1.54) is 5.56 Å². The van der Waals surface area contributed by atoms with E-state index in [1.54, 1.807) is 0 Å². The molecule has 20 heavy (non-hydrogen) atoms. The van der Waals surface area contributed by atoms with Gasteiger partial charge >= 0.3 is 5.97 Å². The van der Waals surface area contributed by atoms with Crippen LogP contribution in [0.15, 0.2) is 24.3 Å². The van der Waals surface area contributed by atoms with E-state index in [0.717, 1.165) is 50.7 Å². The number of halogens is 1. The largest absolute Gasteiger partial charge is 0.481 e. The second-order valence-corrected chi connectivity index (χ2v) is 5.61. The summed E-state index contributed by atoms with van der Waals surface area (Å²) in [6.07, 6.45) is 1.000. The SMILES string of the molecule is O=C(O)CCCN1CCN(Cc2ccccc2Cl)CC1. The molecular weight excluding hydrogens is 276 g/mol. The first-order valence-corrected chi connectivity index (χ1v) is 7.43. The van der Waals surface area contributed by atoms with Gasteiger partial charge in [-0.05, 0) is 24.6 Å². The Hall–Kier alpha value is -1.10. The minimum atomic E-state index is -0.706. The van der Waals surface area contributed by atoms with Gasteiger partial charge in [-0.15, -0.1) is 0 Å². The highest BCUT2D eigenvalue weighted by Gasteiger charge is 2.17. The van der Waals surface area contributed by atoms with Crippen LogP contribution in [-0.4, -0.2) is 53.6 Å². The lowest BCUT2D eigenvalue weighted by atomic mass is 10.2. The number of piperazine rings is 1. The van der Waals surface area contributed by atoms with Crippen molar-refractivity contribution in [2.24, 2.45) is 0 Å². The number of hydrogen-bond donors (Lipinski definition) is 1. The van der Waals surface area contributed by atoms with Gasteiger partial charge in [-0.3, -0.25) is 9.69 Å². The van der Waals surface area contributed by atoms with E-state index >= 15 is 0 Å². The van der Waals surface area contributed by atoms with E-state index in [9.17, 15) is 4.79 Å². The van der Waals surface area contributed by atoms with Crippen molar-refractivity contribution in [1.82, 2.24) is 9.80 Å². The number of carboxylic acid groups (broad SMARTS) is 1. The van der Waals surface area contributed by atoms with E-state index in [4.69, 9.17) is 16.7 Å². The maximum atomic E-state index is 10.5. The van der Waals surface area contributed by atoms with Crippen molar-refractivity contribution in [3.63, 3.8) is 0 Å². The van der Waals surface area contributed by atoms with E-state index < -0.39 is 5.97 Å². The first-order chi connectivity index (χ1) is 9.65. The molecule has 1 aromatic carbocycles. The van der Waals surface area contributed by atoms with Crippen molar-refractivity contribution >= 4 is 17.6 Å². The smallest absolute Gasteiger partial charge is 0.303 e. The number of carbonyl (C=O) groups is 1. The lowest BCUT2D eigenvalue weighted by Crippen LogP contribution is -2.46. The van der Waals surface area contributed by atoms with Crippen molar-refractivity contribution in [2.75, 3.05) is 32.7 Å². The average Bonchev–Trinajstić information content (AvgIpc) is 2.43. The molecule has 2 rings (SSSR count). The van der Waals surface area contributed by atoms with Gasteiger partial charge < -0.3 is 10.0 Å². The first kappa shape index (κ1) is 15.3. The molecule has 1 N–H and O–H groups in total. The monoisotopic (exact) mass is 296 g/mol. The summed E-state index contributed by atoms with van der Waals surface area (Å²) in [4.78, 5) is 15.2. The van der Waals surface area contributed by atoms with Gasteiger partial charge in [-0.25, -0.2) is 0 Å². The molecule has 0 aromatic heterocycles. The normalized spacial score (nSPS) is 17.2. The van der Waals surface area contributed by atoms with Gasteiger partial charge in [0.05, 0.1) is 0 Å². The molecule has 1 saturated heterocycles. The van der Waals surface area contributed by atoms with Crippen LogP contribution in [0.3, 0.4) is 0 Å². The van der Waals surface area contributed by atoms with Crippen LogP contribution in [-0.2, 0) is 11.3 Å². The Kier molecular flexibility index (Phi) is 5.83. The number of aliphatic carboxylic acids is 1. The van der Waals surface area contributed by atoms with Crippen molar-refractivity contribution in [2.45, 2.75) is 19.4 Å². The molecule has 0 aliphatic carbocycles. The highest BCUT2D eigenvalue weighted by Crippen LogP contribution is 2.17. The van der Waals surface area contributed by atoms with E-state index in [2.05, 4.69) is 15.9 Å². The van der Waals surface area contributed by atoms with Gasteiger partial charge in [0.1, 0.15) is 0 Å². The zero-order valence-electron chi connectivity index (χ0n) is 11.6. The molecule has 1 heterocycles. The summed E-state index contributed by atoms with van der Waals surface area (Å²) >= 11 is 6.18. The summed E-state index contributed by atoms with van der Waals surface area (Å²) in [6, 6.07) is 7.97. The Bertz CT molecular complexity index is 445. The molecular formula is C15H21ClN2O2. The third-order valence-corrected chi connectivity index (χ3v) is 4.05. The van der Waals surface area contributed by atoms with Gasteiger partial charge in [-0.1, -0.05) is 29.8 Å². The predicted molar refractivity (Wildman–Crippen MR) is 80.0 cm³/mol. The fourth-order valence-corrected chi connectivity index (χ4v) is 2.69. The number of nitrogens with zero attached hydrogens (tertiary/aromatic N) is 2. The van der Waals surface area contributed by atoms with Crippen molar-refractivity contribution < 1.29 is 9.90 Å². The molecule has 5 heteroatoms. The molecule has 0 radical (unpaired) electrons. The molecule has 1 fully saturated rings. The van der Waals surface area contributed by atoms with Crippen LogP contribution < -0.4 is 0 Å². The fraction of sp³-hybridized carbons (Fsp3) is 0.533. The number of benzene rings is 1. The van der Waals surface area contributed by atoms with Crippen LogP contribution in [0.2, 0.25) is 5.02 Å². The third-order valence-electron chi connectivity index (χ3n) is 3.68. The summed E-state index contributed by atoms with van der Waals surface area (Å²) < 4.78 is 0. The second-order valence-electron chi connectivity index (χ2n) is 5.21. The molecule has 0 saturated carbocycles. The second kappa shape index (κ2) is 7.62. The minimum Gasteiger partial charge on any atom is -0.481 e. The Balaban J connectivity index is 1.72. The molecule has 4 nitrogen and oxygen atoms in total. The molecule has 0 amide bonds. The van der Waals surface area contributed by atoms with Crippen LogP contribution >= 0.6 is 11.6 Å². The Morgan fingerprint density at radius 2 is 1.80 bits per heavy atom. The van der Waals surface area contributed by atoms with Gasteiger partial charge in [0.25, 0.3) is 0 Å². The topological polar surface area (TPSA) is 43.8 Å². The Morgan fingerprint density at radius 1 is 1.15 bits per heavy atom. The minimum absolute atomic E-state index is 0.264. The third kappa shape index (κ3) is 4.78. The van der Waals surface area contributed by atoms with Crippen LogP contribution in [0.4, 0.5) is 0 Å². The Labute approximate surface area is 124 Å². The van der Waals surface area contributed by atoms with Crippen molar-refractivity contribution in [1.29, 1.82) is 0 Å². The molecule has 0 unspecified atom stereocenters. The van der Waals surface area contributed by atoms with Crippen molar-refractivity contribution in [3.8, 4) is 0 Å². The lowest BCUT2D eigenvalue weighted by molar-refractivity contribution is -0.137. The number of rotatable bonds is 6. The summed E-state index contributed by atoms with van der Waals surface area (Å²) in [5, 5.41) is 9.47. The summed E-state index contributed by atoms with van der Waals surface area (Å²) in [5.74, 6) is -0.706. The molecule has 1 aliphatic rings. The summed E-state index contributed by atoms with van der Waals surface area (Å²) in [5.41, 5.74) is 1.17. The summed E-state index contributed by atoms with van der Waals surface area (Å²) in [7, 11) is 0. The molecule has 1 aromatic rings. The lowest BCUT2D eigenvalue weighted by Gasteiger charge is -2.34. The maximum absolute atomic E-state index is 10.5. The van der Waals surface area contributed by atoms with Gasteiger partial charge in [0.15, 0.2) is 0 Å². The van der Waals surface area contributed by atoms with E-state index in [-0.39, 0.29) is 6.42 Å². The van der Waals surface area contributed by atoms with Crippen LogP contribution in [0.5, 0.6) is 0 Å². The van der Waals surface area contributed by atoms with E-state index in [1.807, 2.05) is 18.2 Å². The first-order valence-electron chi connectivity index (χ1n) is 7.05. The molecule has 0 atom stereocenters. The van der Waals surface area contributed by atoms with Crippen LogP contribution in [0.1, 0.15) is 18.4 Å². The standard InChI is InChI=1S/C15H21ClN2O2/c16-14-5-2-1-4-13(14)12-18-10-8-17(9-11-18)7-3-6-15(19)20/h1-2,4-5H,3,6-12H2,(H,19,20). The molecule has 0 spiro atoms. The van der Waals surface area contributed by atoms with Gasteiger partial charge in [0, 0.05) is 44.2 Å². The highest BCUT2D eigenvalue weighted by atomic mass is 35.5. The quantitative estimate of drug-likeness (QED) is 0.875.